The molecule has 0 aliphatic carbocycles. The van der Waals surface area contributed by atoms with Crippen molar-refractivity contribution in [1.29, 1.82) is 0 Å². The summed E-state index contributed by atoms with van der Waals surface area (Å²) >= 11 is 1.18. The predicted molar refractivity (Wildman–Crippen MR) is 83.6 cm³/mol. The maximum atomic E-state index is 12.2. The number of amides is 1. The monoisotopic (exact) mass is 335 g/mol. The highest BCUT2D eigenvalue weighted by Crippen LogP contribution is 2.20. The van der Waals surface area contributed by atoms with Crippen molar-refractivity contribution in [3.8, 4) is 0 Å². The summed E-state index contributed by atoms with van der Waals surface area (Å²) in [6.07, 6.45) is 0.0272. The topological polar surface area (TPSA) is 111 Å². The van der Waals surface area contributed by atoms with Crippen molar-refractivity contribution in [2.24, 2.45) is 0 Å². The third kappa shape index (κ3) is 4.10. The maximum absolute atomic E-state index is 12.2. The molecule has 0 spiro atoms. The van der Waals surface area contributed by atoms with E-state index in [2.05, 4.69) is 15.0 Å². The number of aryl methyl sites for hydroxylation is 1. The summed E-state index contributed by atoms with van der Waals surface area (Å²) in [5.74, 6) is -0.837. The molecule has 1 N–H and O–H groups in total. The zero-order valence-electron chi connectivity index (χ0n) is 12.4. The van der Waals surface area contributed by atoms with Gasteiger partial charge in [-0.15, -0.1) is 11.3 Å². The molecule has 2 rings (SSSR count). The number of nitro benzene ring substituents is 1. The number of carbonyl (C=O) groups is 2. The Bertz CT molecular complexity index is 772. The number of nitrogens with one attached hydrogen (secondary N) is 1. The second kappa shape index (κ2) is 6.97. The largest absolute Gasteiger partial charge is 0.469 e. The van der Waals surface area contributed by atoms with Gasteiger partial charge in [0.15, 0.2) is 5.13 Å². The number of benzene rings is 1. The van der Waals surface area contributed by atoms with Crippen molar-refractivity contribution in [3.63, 3.8) is 0 Å². The van der Waals surface area contributed by atoms with Crippen molar-refractivity contribution < 1.29 is 19.2 Å². The number of anilines is 1. The lowest BCUT2D eigenvalue weighted by atomic mass is 10.1. The number of methoxy groups -OCH3 is 1. The number of rotatable bonds is 5. The number of thiazole rings is 1. The second-order valence-corrected chi connectivity index (χ2v) is 5.47. The summed E-state index contributed by atoms with van der Waals surface area (Å²) < 4.78 is 4.54. The van der Waals surface area contributed by atoms with Crippen LogP contribution in [0.5, 0.6) is 0 Å². The van der Waals surface area contributed by atoms with Crippen LogP contribution in [-0.4, -0.2) is 28.9 Å². The Labute approximate surface area is 135 Å². The molecule has 0 aliphatic heterocycles. The van der Waals surface area contributed by atoms with E-state index >= 15 is 0 Å². The van der Waals surface area contributed by atoms with Crippen LogP contribution in [0.15, 0.2) is 23.6 Å². The molecule has 9 heteroatoms. The van der Waals surface area contributed by atoms with E-state index in [9.17, 15) is 19.7 Å². The Balaban J connectivity index is 2.10. The molecule has 1 aromatic heterocycles. The van der Waals surface area contributed by atoms with Crippen LogP contribution in [0.2, 0.25) is 0 Å². The third-order valence-corrected chi connectivity index (χ3v) is 3.80. The minimum Gasteiger partial charge on any atom is -0.469 e. The SMILES string of the molecule is COC(=O)Cc1csc(NC(=O)c2ccc([N+](=O)[O-])cc2C)n1. The van der Waals surface area contributed by atoms with E-state index in [0.29, 0.717) is 22.0 Å². The molecule has 0 saturated carbocycles. The van der Waals surface area contributed by atoms with Crippen LogP contribution in [0.25, 0.3) is 0 Å². The number of hydrogen-bond acceptors (Lipinski definition) is 7. The fourth-order valence-electron chi connectivity index (χ4n) is 1.85. The summed E-state index contributed by atoms with van der Waals surface area (Å²) in [6, 6.07) is 4.00. The van der Waals surface area contributed by atoms with Crippen LogP contribution in [0.3, 0.4) is 0 Å². The van der Waals surface area contributed by atoms with E-state index in [1.165, 1.54) is 36.6 Å². The van der Waals surface area contributed by atoms with E-state index in [4.69, 9.17) is 0 Å². The lowest BCUT2D eigenvalue weighted by Crippen LogP contribution is -2.13. The van der Waals surface area contributed by atoms with Gasteiger partial charge < -0.3 is 4.74 Å². The lowest BCUT2D eigenvalue weighted by Gasteiger charge is -2.05. The van der Waals surface area contributed by atoms with Gasteiger partial charge in [-0.3, -0.25) is 25.0 Å². The minimum absolute atomic E-state index is 0.0272. The van der Waals surface area contributed by atoms with Gasteiger partial charge in [0.1, 0.15) is 0 Å². The van der Waals surface area contributed by atoms with Gasteiger partial charge in [-0.25, -0.2) is 4.98 Å². The molecule has 0 unspecified atom stereocenters. The maximum Gasteiger partial charge on any atom is 0.311 e. The van der Waals surface area contributed by atoms with Crippen LogP contribution in [-0.2, 0) is 16.0 Å². The number of ether oxygens (including phenoxy) is 1. The number of carbonyl (C=O) groups excluding carboxylic acids is 2. The van der Waals surface area contributed by atoms with Crippen molar-refractivity contribution >= 4 is 34.0 Å². The van der Waals surface area contributed by atoms with Gasteiger partial charge >= 0.3 is 5.97 Å². The Hall–Kier alpha value is -2.81. The standard InChI is InChI=1S/C14H13N3O5S/c1-8-5-10(17(20)21)3-4-11(8)13(19)16-14-15-9(7-23-14)6-12(18)22-2/h3-5,7H,6H2,1-2H3,(H,15,16,19). The molecule has 0 atom stereocenters. The molecule has 0 fully saturated rings. The Morgan fingerprint density at radius 2 is 2.17 bits per heavy atom. The number of nitrogens with zero attached hydrogens (tertiary/aromatic N) is 2. The highest BCUT2D eigenvalue weighted by molar-refractivity contribution is 7.14. The van der Waals surface area contributed by atoms with Crippen molar-refractivity contribution in [2.45, 2.75) is 13.3 Å². The Kier molecular flexibility index (Phi) is 5.02. The summed E-state index contributed by atoms with van der Waals surface area (Å²) in [5.41, 5.74) is 1.23. The fourth-order valence-corrected chi connectivity index (χ4v) is 2.55. The minimum atomic E-state index is -0.519. The first-order valence-corrected chi connectivity index (χ1v) is 7.36. The molecular weight excluding hydrogens is 322 g/mol. The van der Waals surface area contributed by atoms with Crippen molar-refractivity contribution in [2.75, 3.05) is 12.4 Å². The molecule has 8 nitrogen and oxygen atoms in total. The van der Waals surface area contributed by atoms with Crippen LogP contribution >= 0.6 is 11.3 Å². The summed E-state index contributed by atoms with van der Waals surface area (Å²) in [6.45, 7) is 1.62. The van der Waals surface area contributed by atoms with Crippen LogP contribution in [0.4, 0.5) is 10.8 Å². The highest BCUT2D eigenvalue weighted by Gasteiger charge is 2.15. The molecule has 2 aromatic rings. The zero-order chi connectivity index (χ0) is 17.0. The number of nitro groups is 1. The van der Waals surface area contributed by atoms with E-state index in [-0.39, 0.29) is 12.1 Å². The van der Waals surface area contributed by atoms with Crippen LogP contribution in [0.1, 0.15) is 21.6 Å². The predicted octanol–water partition coefficient (Wildman–Crippen LogP) is 2.33. The van der Waals surface area contributed by atoms with Gasteiger partial charge in [0.25, 0.3) is 11.6 Å². The third-order valence-electron chi connectivity index (χ3n) is 2.99. The van der Waals surface area contributed by atoms with Crippen molar-refractivity contribution in [3.05, 3.63) is 50.5 Å². The lowest BCUT2D eigenvalue weighted by molar-refractivity contribution is -0.384. The van der Waals surface area contributed by atoms with Gasteiger partial charge in [0, 0.05) is 23.1 Å². The Morgan fingerprint density at radius 1 is 1.43 bits per heavy atom. The fraction of sp³-hybridized carbons (Fsp3) is 0.214. The molecular formula is C14H13N3O5S. The first-order chi connectivity index (χ1) is 10.9. The normalized spacial score (nSPS) is 10.2. The van der Waals surface area contributed by atoms with Crippen LogP contribution in [0, 0.1) is 17.0 Å². The number of hydrogen-bond donors (Lipinski definition) is 1. The second-order valence-electron chi connectivity index (χ2n) is 4.61. The van der Waals surface area contributed by atoms with Gasteiger partial charge in [-0.05, 0) is 18.6 Å². The molecule has 1 aromatic carbocycles. The number of non-ortho nitro benzene ring substituents is 1. The number of esters is 1. The molecule has 23 heavy (non-hydrogen) atoms. The van der Waals surface area contributed by atoms with Crippen LogP contribution < -0.4 is 5.32 Å². The quantitative estimate of drug-likeness (QED) is 0.510. The number of aromatic nitrogens is 1. The molecule has 1 heterocycles. The van der Waals surface area contributed by atoms with Gasteiger partial charge in [0.05, 0.1) is 24.1 Å². The van der Waals surface area contributed by atoms with E-state index in [1.54, 1.807) is 12.3 Å². The molecule has 0 radical (unpaired) electrons. The molecule has 1 amide bonds. The molecule has 0 aliphatic rings. The molecule has 120 valence electrons. The molecule has 0 saturated heterocycles. The van der Waals surface area contributed by atoms with E-state index in [0.717, 1.165) is 0 Å². The zero-order valence-corrected chi connectivity index (χ0v) is 13.2. The van der Waals surface area contributed by atoms with Crippen molar-refractivity contribution in [1.82, 2.24) is 4.98 Å². The summed E-state index contributed by atoms with van der Waals surface area (Å²) in [7, 11) is 1.29. The van der Waals surface area contributed by atoms with Gasteiger partial charge in [0.2, 0.25) is 0 Å². The van der Waals surface area contributed by atoms with Gasteiger partial charge in [-0.2, -0.15) is 0 Å². The molecule has 0 bridgehead atoms. The smallest absolute Gasteiger partial charge is 0.311 e. The van der Waals surface area contributed by atoms with E-state index in [1.807, 2.05) is 0 Å². The summed E-state index contributed by atoms with van der Waals surface area (Å²) in [5, 5.41) is 15.3. The van der Waals surface area contributed by atoms with E-state index < -0.39 is 16.8 Å². The Morgan fingerprint density at radius 3 is 2.78 bits per heavy atom. The average molecular weight is 335 g/mol. The average Bonchev–Trinajstić information content (AvgIpc) is 2.93. The first kappa shape index (κ1) is 16.6. The summed E-state index contributed by atoms with van der Waals surface area (Å²) in [4.78, 5) is 37.7. The highest BCUT2D eigenvalue weighted by atomic mass is 32.1. The first-order valence-electron chi connectivity index (χ1n) is 6.48. The van der Waals surface area contributed by atoms with Gasteiger partial charge in [-0.1, -0.05) is 0 Å².